The Morgan fingerprint density at radius 1 is 1.20 bits per heavy atom. The van der Waals surface area contributed by atoms with Crippen LogP contribution in [-0.2, 0) is 12.0 Å². The molecule has 112 valence electrons. The number of hydrogen-bond donors (Lipinski definition) is 1. The quantitative estimate of drug-likeness (QED) is 0.515. The molecule has 1 atom stereocenters. The number of rotatable bonds is 8. The van der Waals surface area contributed by atoms with Crippen LogP contribution < -0.4 is 5.32 Å². The van der Waals surface area contributed by atoms with E-state index in [1.165, 1.54) is 24.0 Å². The van der Waals surface area contributed by atoms with Gasteiger partial charge in [-0.15, -0.1) is 6.58 Å². The first-order chi connectivity index (χ1) is 9.47. The van der Waals surface area contributed by atoms with Crippen LogP contribution in [0.2, 0.25) is 0 Å². The van der Waals surface area contributed by atoms with Crippen molar-refractivity contribution in [3.05, 3.63) is 48.0 Å². The highest BCUT2D eigenvalue weighted by Crippen LogP contribution is 2.22. The van der Waals surface area contributed by atoms with Crippen molar-refractivity contribution in [3.8, 4) is 0 Å². The lowest BCUT2D eigenvalue weighted by Gasteiger charge is -2.19. The lowest BCUT2D eigenvalue weighted by atomic mass is 9.87. The summed E-state index contributed by atoms with van der Waals surface area (Å²) in [5.74, 6) is 0.781. The molecule has 1 nitrogen and oxygen atoms in total. The third kappa shape index (κ3) is 5.92. The molecule has 0 saturated heterocycles. The van der Waals surface area contributed by atoms with Crippen LogP contribution in [0.5, 0.6) is 0 Å². The van der Waals surface area contributed by atoms with E-state index >= 15 is 0 Å². The number of allylic oxidation sites excluding steroid dienone is 1. The zero-order valence-corrected chi connectivity index (χ0v) is 13.7. The highest BCUT2D eigenvalue weighted by molar-refractivity contribution is 5.27. The second-order valence-electron chi connectivity index (χ2n) is 6.71. The predicted molar refractivity (Wildman–Crippen MR) is 90.1 cm³/mol. The van der Waals surface area contributed by atoms with Crippen molar-refractivity contribution in [3.63, 3.8) is 0 Å². The smallest absolute Gasteiger partial charge is 0.0205 e. The zero-order valence-electron chi connectivity index (χ0n) is 13.7. The third-order valence-corrected chi connectivity index (χ3v) is 3.96. The van der Waals surface area contributed by atoms with Gasteiger partial charge in [0, 0.05) is 6.54 Å². The molecule has 0 radical (unpaired) electrons. The standard InChI is InChI=1S/C19H31N/c1-6-8-16(7-2)13-14-20-15-17-9-11-18(12-10-17)19(3,4)5/h6,9-12,16,20H,1,7-8,13-15H2,2-5H3. The van der Waals surface area contributed by atoms with Crippen molar-refractivity contribution in [2.45, 2.75) is 58.9 Å². The Morgan fingerprint density at radius 2 is 1.85 bits per heavy atom. The summed E-state index contributed by atoms with van der Waals surface area (Å²) >= 11 is 0. The molecule has 0 heterocycles. The van der Waals surface area contributed by atoms with Crippen LogP contribution in [0, 0.1) is 5.92 Å². The largest absolute Gasteiger partial charge is 0.313 e. The molecule has 0 aliphatic heterocycles. The van der Waals surface area contributed by atoms with Crippen LogP contribution in [-0.4, -0.2) is 6.54 Å². The summed E-state index contributed by atoms with van der Waals surface area (Å²) in [5.41, 5.74) is 3.01. The molecule has 0 bridgehead atoms. The molecule has 0 aromatic heterocycles. The lowest BCUT2D eigenvalue weighted by molar-refractivity contribution is 0.456. The number of nitrogens with one attached hydrogen (secondary N) is 1. The summed E-state index contributed by atoms with van der Waals surface area (Å²) in [4.78, 5) is 0. The molecule has 1 unspecified atom stereocenters. The Kier molecular flexibility index (Phi) is 7.01. The van der Waals surface area contributed by atoms with E-state index < -0.39 is 0 Å². The van der Waals surface area contributed by atoms with Gasteiger partial charge in [-0.3, -0.25) is 0 Å². The molecule has 1 aromatic carbocycles. The molecular weight excluding hydrogens is 242 g/mol. The van der Waals surface area contributed by atoms with Crippen LogP contribution in [0.15, 0.2) is 36.9 Å². The Morgan fingerprint density at radius 3 is 2.35 bits per heavy atom. The maximum Gasteiger partial charge on any atom is 0.0205 e. The minimum atomic E-state index is 0.241. The predicted octanol–water partition coefficient (Wildman–Crippen LogP) is 5.07. The van der Waals surface area contributed by atoms with Gasteiger partial charge in [0.05, 0.1) is 0 Å². The van der Waals surface area contributed by atoms with Gasteiger partial charge in [-0.25, -0.2) is 0 Å². The van der Waals surface area contributed by atoms with Crippen molar-refractivity contribution in [2.75, 3.05) is 6.54 Å². The minimum Gasteiger partial charge on any atom is -0.313 e. The fourth-order valence-corrected chi connectivity index (χ4v) is 2.39. The number of benzene rings is 1. The Labute approximate surface area is 125 Å². The normalized spacial score (nSPS) is 13.2. The molecule has 1 rings (SSSR count). The van der Waals surface area contributed by atoms with Crippen LogP contribution in [0.1, 0.15) is 58.1 Å². The van der Waals surface area contributed by atoms with E-state index in [1.54, 1.807) is 0 Å². The first-order valence-electron chi connectivity index (χ1n) is 7.88. The summed E-state index contributed by atoms with van der Waals surface area (Å²) in [6.45, 7) is 14.9. The average Bonchev–Trinajstić information content (AvgIpc) is 2.42. The van der Waals surface area contributed by atoms with Gasteiger partial charge < -0.3 is 5.32 Å². The molecule has 20 heavy (non-hydrogen) atoms. The van der Waals surface area contributed by atoms with Crippen molar-refractivity contribution < 1.29 is 0 Å². The van der Waals surface area contributed by atoms with Crippen molar-refractivity contribution in [1.82, 2.24) is 5.32 Å². The molecule has 0 aliphatic carbocycles. The van der Waals surface area contributed by atoms with E-state index in [4.69, 9.17) is 0 Å². The summed E-state index contributed by atoms with van der Waals surface area (Å²) in [7, 11) is 0. The maximum atomic E-state index is 3.83. The van der Waals surface area contributed by atoms with E-state index in [2.05, 4.69) is 63.9 Å². The van der Waals surface area contributed by atoms with Crippen LogP contribution in [0.4, 0.5) is 0 Å². The van der Waals surface area contributed by atoms with E-state index in [0.717, 1.165) is 25.4 Å². The number of hydrogen-bond acceptors (Lipinski definition) is 1. The van der Waals surface area contributed by atoms with E-state index in [1.807, 2.05) is 6.08 Å². The van der Waals surface area contributed by atoms with E-state index in [-0.39, 0.29) is 5.41 Å². The van der Waals surface area contributed by atoms with Gasteiger partial charge in [0.15, 0.2) is 0 Å². The fraction of sp³-hybridized carbons (Fsp3) is 0.579. The summed E-state index contributed by atoms with van der Waals surface area (Å²) in [6.07, 6.45) is 5.66. The molecule has 1 N–H and O–H groups in total. The molecular formula is C19H31N. The van der Waals surface area contributed by atoms with E-state index in [9.17, 15) is 0 Å². The molecule has 0 spiro atoms. The van der Waals surface area contributed by atoms with Crippen molar-refractivity contribution >= 4 is 0 Å². The molecule has 0 fully saturated rings. The topological polar surface area (TPSA) is 12.0 Å². The fourth-order valence-electron chi connectivity index (χ4n) is 2.39. The zero-order chi connectivity index (χ0) is 15.0. The van der Waals surface area contributed by atoms with Gasteiger partial charge in [-0.05, 0) is 41.8 Å². The van der Waals surface area contributed by atoms with Crippen LogP contribution in [0.3, 0.4) is 0 Å². The summed E-state index contributed by atoms with van der Waals surface area (Å²) < 4.78 is 0. The SMILES string of the molecule is C=CCC(CC)CCNCc1ccc(C(C)(C)C)cc1. The molecule has 0 amide bonds. The van der Waals surface area contributed by atoms with Gasteiger partial charge >= 0.3 is 0 Å². The molecule has 0 aliphatic rings. The maximum absolute atomic E-state index is 3.83. The highest BCUT2D eigenvalue weighted by Gasteiger charge is 2.12. The Hall–Kier alpha value is -1.08. The summed E-state index contributed by atoms with van der Waals surface area (Å²) in [5, 5.41) is 3.55. The highest BCUT2D eigenvalue weighted by atomic mass is 14.8. The van der Waals surface area contributed by atoms with Crippen molar-refractivity contribution in [2.24, 2.45) is 5.92 Å². The second kappa shape index (κ2) is 8.26. The average molecular weight is 273 g/mol. The minimum absolute atomic E-state index is 0.241. The monoisotopic (exact) mass is 273 g/mol. The molecule has 1 heteroatoms. The van der Waals surface area contributed by atoms with Gasteiger partial charge in [-0.1, -0.05) is 64.5 Å². The van der Waals surface area contributed by atoms with Crippen LogP contribution >= 0.6 is 0 Å². The Balaban J connectivity index is 2.34. The lowest BCUT2D eigenvalue weighted by Crippen LogP contribution is -2.18. The van der Waals surface area contributed by atoms with Gasteiger partial charge in [-0.2, -0.15) is 0 Å². The summed E-state index contributed by atoms with van der Waals surface area (Å²) in [6, 6.07) is 9.00. The third-order valence-electron chi connectivity index (χ3n) is 3.96. The van der Waals surface area contributed by atoms with Gasteiger partial charge in [0.1, 0.15) is 0 Å². The molecule has 0 saturated carbocycles. The first-order valence-corrected chi connectivity index (χ1v) is 7.88. The van der Waals surface area contributed by atoms with E-state index in [0.29, 0.717) is 0 Å². The van der Waals surface area contributed by atoms with Gasteiger partial charge in [0.2, 0.25) is 0 Å². The first kappa shape index (κ1) is 17.0. The Bertz CT molecular complexity index is 383. The van der Waals surface area contributed by atoms with Crippen molar-refractivity contribution in [1.29, 1.82) is 0 Å². The second-order valence-corrected chi connectivity index (χ2v) is 6.71. The molecule has 1 aromatic rings. The van der Waals surface area contributed by atoms with Crippen LogP contribution in [0.25, 0.3) is 0 Å². The van der Waals surface area contributed by atoms with Gasteiger partial charge in [0.25, 0.3) is 0 Å².